The van der Waals surface area contributed by atoms with Gasteiger partial charge in [0.25, 0.3) is 0 Å². The van der Waals surface area contributed by atoms with Crippen LogP contribution in [0.4, 0.5) is 0 Å². The van der Waals surface area contributed by atoms with Gasteiger partial charge in [-0.3, -0.25) is 0 Å². The monoisotopic (exact) mass is 296 g/mol. The first-order valence-electron chi connectivity index (χ1n) is 8.26. The molecule has 2 aromatic rings. The summed E-state index contributed by atoms with van der Waals surface area (Å²) < 4.78 is 0. The largest absolute Gasteiger partial charge is 0.241 e. The molecule has 0 aliphatic carbocycles. The molecule has 1 unspecified atom stereocenters. The maximum Gasteiger partial charge on any atom is 0.116 e. The topological polar surface area (TPSA) is 25.8 Å². The van der Waals surface area contributed by atoms with Crippen molar-refractivity contribution in [3.8, 4) is 11.3 Å². The van der Waals surface area contributed by atoms with Crippen LogP contribution in [0.15, 0.2) is 36.7 Å². The van der Waals surface area contributed by atoms with E-state index in [1.807, 2.05) is 0 Å². The Morgan fingerprint density at radius 3 is 2.36 bits per heavy atom. The summed E-state index contributed by atoms with van der Waals surface area (Å²) in [4.78, 5) is 8.99. The average molecular weight is 296 g/mol. The SMILES string of the molecule is CC[C@@H](C)C(C)c1ccccc1-c1cc(C(C)(C)C)ncn1. The molecular weight excluding hydrogens is 268 g/mol. The predicted molar refractivity (Wildman–Crippen MR) is 94.0 cm³/mol. The van der Waals surface area contributed by atoms with Gasteiger partial charge in [0.2, 0.25) is 0 Å². The van der Waals surface area contributed by atoms with Crippen LogP contribution in [0.3, 0.4) is 0 Å². The minimum Gasteiger partial charge on any atom is -0.241 e. The Morgan fingerprint density at radius 2 is 1.73 bits per heavy atom. The Balaban J connectivity index is 2.50. The van der Waals surface area contributed by atoms with E-state index in [-0.39, 0.29) is 5.41 Å². The van der Waals surface area contributed by atoms with E-state index in [9.17, 15) is 0 Å². The van der Waals surface area contributed by atoms with Crippen LogP contribution in [0, 0.1) is 5.92 Å². The third kappa shape index (κ3) is 3.55. The summed E-state index contributed by atoms with van der Waals surface area (Å²) in [6.07, 6.45) is 2.88. The molecule has 2 nitrogen and oxygen atoms in total. The first kappa shape index (κ1) is 16.7. The molecule has 22 heavy (non-hydrogen) atoms. The van der Waals surface area contributed by atoms with Gasteiger partial charge < -0.3 is 0 Å². The summed E-state index contributed by atoms with van der Waals surface area (Å²) in [5, 5.41) is 0. The zero-order valence-electron chi connectivity index (χ0n) is 14.7. The number of rotatable bonds is 4. The van der Waals surface area contributed by atoms with Crippen molar-refractivity contribution in [1.29, 1.82) is 0 Å². The van der Waals surface area contributed by atoms with Gasteiger partial charge in [0.1, 0.15) is 6.33 Å². The fraction of sp³-hybridized carbons (Fsp3) is 0.500. The fourth-order valence-electron chi connectivity index (χ4n) is 2.70. The van der Waals surface area contributed by atoms with E-state index in [0.717, 1.165) is 11.4 Å². The number of hydrogen-bond acceptors (Lipinski definition) is 2. The second-order valence-corrected chi connectivity index (χ2v) is 7.30. The van der Waals surface area contributed by atoms with Crippen molar-refractivity contribution in [2.75, 3.05) is 0 Å². The molecule has 2 rings (SSSR count). The lowest BCUT2D eigenvalue weighted by atomic mass is 9.83. The van der Waals surface area contributed by atoms with Crippen molar-refractivity contribution >= 4 is 0 Å². The quantitative estimate of drug-likeness (QED) is 0.735. The van der Waals surface area contributed by atoms with E-state index in [4.69, 9.17) is 0 Å². The van der Waals surface area contributed by atoms with E-state index in [1.54, 1.807) is 6.33 Å². The molecule has 0 saturated carbocycles. The highest BCUT2D eigenvalue weighted by Gasteiger charge is 2.20. The van der Waals surface area contributed by atoms with Gasteiger partial charge in [-0.1, -0.05) is 72.2 Å². The molecule has 0 spiro atoms. The molecule has 2 atom stereocenters. The van der Waals surface area contributed by atoms with Gasteiger partial charge in [0, 0.05) is 16.7 Å². The Labute approximate surface area is 135 Å². The lowest BCUT2D eigenvalue weighted by Crippen LogP contribution is -2.14. The second-order valence-electron chi connectivity index (χ2n) is 7.30. The van der Waals surface area contributed by atoms with Crippen LogP contribution < -0.4 is 0 Å². The first-order chi connectivity index (χ1) is 10.3. The van der Waals surface area contributed by atoms with E-state index < -0.39 is 0 Å². The Kier molecular flexibility index (Phi) is 5.00. The molecule has 0 aliphatic heterocycles. The Hall–Kier alpha value is -1.70. The molecule has 0 amide bonds. The molecule has 0 fully saturated rings. The molecule has 0 N–H and O–H groups in total. The predicted octanol–water partition coefficient (Wildman–Crippen LogP) is 5.59. The molecule has 1 aromatic heterocycles. The summed E-state index contributed by atoms with van der Waals surface area (Å²) in [7, 11) is 0. The summed E-state index contributed by atoms with van der Waals surface area (Å²) >= 11 is 0. The van der Waals surface area contributed by atoms with Crippen molar-refractivity contribution < 1.29 is 0 Å². The number of aromatic nitrogens is 2. The summed E-state index contributed by atoms with van der Waals surface area (Å²) in [6.45, 7) is 13.5. The van der Waals surface area contributed by atoms with Crippen LogP contribution in [-0.4, -0.2) is 9.97 Å². The minimum absolute atomic E-state index is 0.0367. The van der Waals surface area contributed by atoms with E-state index >= 15 is 0 Å². The van der Waals surface area contributed by atoms with Crippen molar-refractivity contribution in [1.82, 2.24) is 9.97 Å². The lowest BCUT2D eigenvalue weighted by molar-refractivity contribution is 0.474. The van der Waals surface area contributed by atoms with Gasteiger partial charge in [-0.15, -0.1) is 0 Å². The van der Waals surface area contributed by atoms with Gasteiger partial charge in [0.05, 0.1) is 5.69 Å². The Morgan fingerprint density at radius 1 is 1.05 bits per heavy atom. The van der Waals surface area contributed by atoms with Gasteiger partial charge in [-0.05, 0) is 23.5 Å². The van der Waals surface area contributed by atoms with Crippen LogP contribution in [0.5, 0.6) is 0 Å². The zero-order valence-corrected chi connectivity index (χ0v) is 14.7. The van der Waals surface area contributed by atoms with Crippen LogP contribution in [0.2, 0.25) is 0 Å². The van der Waals surface area contributed by atoms with Gasteiger partial charge in [0.15, 0.2) is 0 Å². The van der Waals surface area contributed by atoms with E-state index in [0.29, 0.717) is 11.8 Å². The molecular formula is C20H28N2. The first-order valence-corrected chi connectivity index (χ1v) is 8.26. The number of hydrogen-bond donors (Lipinski definition) is 0. The average Bonchev–Trinajstić information content (AvgIpc) is 2.52. The van der Waals surface area contributed by atoms with Gasteiger partial charge >= 0.3 is 0 Å². The molecule has 0 radical (unpaired) electrons. The van der Waals surface area contributed by atoms with Gasteiger partial charge in [-0.25, -0.2) is 9.97 Å². The maximum atomic E-state index is 4.54. The van der Waals surface area contributed by atoms with Gasteiger partial charge in [-0.2, -0.15) is 0 Å². The normalized spacial score (nSPS) is 14.6. The molecule has 118 valence electrons. The van der Waals surface area contributed by atoms with Crippen LogP contribution in [0.1, 0.15) is 65.1 Å². The highest BCUT2D eigenvalue weighted by molar-refractivity contribution is 5.64. The smallest absolute Gasteiger partial charge is 0.116 e. The highest BCUT2D eigenvalue weighted by atomic mass is 14.8. The second kappa shape index (κ2) is 6.60. The fourth-order valence-corrected chi connectivity index (χ4v) is 2.70. The molecule has 2 heteroatoms. The molecule has 0 saturated heterocycles. The zero-order chi connectivity index (χ0) is 16.3. The number of nitrogens with zero attached hydrogens (tertiary/aromatic N) is 2. The summed E-state index contributed by atoms with van der Waals surface area (Å²) in [5.74, 6) is 1.18. The molecule has 1 aromatic carbocycles. The summed E-state index contributed by atoms with van der Waals surface area (Å²) in [6, 6.07) is 10.8. The summed E-state index contributed by atoms with van der Waals surface area (Å²) in [5.41, 5.74) is 4.78. The lowest BCUT2D eigenvalue weighted by Gasteiger charge is -2.22. The third-order valence-corrected chi connectivity index (χ3v) is 4.66. The van der Waals surface area contributed by atoms with E-state index in [2.05, 4.69) is 81.8 Å². The van der Waals surface area contributed by atoms with Crippen LogP contribution in [0.25, 0.3) is 11.3 Å². The standard InChI is InChI=1S/C20H28N2/c1-7-14(2)15(3)16-10-8-9-11-17(16)18-12-19(20(4,5)6)22-13-21-18/h8-15H,7H2,1-6H3/t14-,15?/m1/s1. The maximum absolute atomic E-state index is 4.54. The molecule has 0 bridgehead atoms. The molecule has 0 aliphatic rings. The van der Waals surface area contributed by atoms with Crippen molar-refractivity contribution in [3.05, 3.63) is 47.9 Å². The Bertz CT molecular complexity index is 626. The van der Waals surface area contributed by atoms with Crippen molar-refractivity contribution in [3.63, 3.8) is 0 Å². The number of benzene rings is 1. The molecule has 1 heterocycles. The van der Waals surface area contributed by atoms with Crippen molar-refractivity contribution in [2.45, 2.75) is 59.3 Å². The highest BCUT2D eigenvalue weighted by Crippen LogP contribution is 2.34. The van der Waals surface area contributed by atoms with Crippen LogP contribution >= 0.6 is 0 Å². The van der Waals surface area contributed by atoms with Crippen molar-refractivity contribution in [2.24, 2.45) is 5.92 Å². The third-order valence-electron chi connectivity index (χ3n) is 4.66. The van der Waals surface area contributed by atoms with Crippen LogP contribution in [-0.2, 0) is 5.41 Å². The minimum atomic E-state index is 0.0367. The van der Waals surface area contributed by atoms with E-state index in [1.165, 1.54) is 17.5 Å².